The number of hydrogen-bond donors (Lipinski definition) is 0. The minimum absolute atomic E-state index is 0.00292. The van der Waals surface area contributed by atoms with Crippen LogP contribution in [0.3, 0.4) is 0 Å². The molecule has 4 heteroatoms. The number of carbonyl (C=O) groups excluding carboxylic acids is 1. The molecule has 1 aromatic carbocycles. The van der Waals surface area contributed by atoms with Gasteiger partial charge in [0.1, 0.15) is 5.75 Å². The standard InChI is InChI=1S/C20H28N2O2/c1-6-17-8-10-18(11-9-17)24-13-20(23)22-16(5)19(15(4)21-22)12-7-14(2)3/h8-11,14H,6-7,12-13H2,1-5H3. The van der Waals surface area contributed by atoms with Crippen molar-refractivity contribution < 1.29 is 9.53 Å². The van der Waals surface area contributed by atoms with Crippen LogP contribution < -0.4 is 4.74 Å². The Balaban J connectivity index is 2.02. The van der Waals surface area contributed by atoms with Gasteiger partial charge in [0.05, 0.1) is 5.69 Å². The maximum Gasteiger partial charge on any atom is 0.284 e. The maximum atomic E-state index is 12.4. The molecule has 0 aliphatic heterocycles. The van der Waals surface area contributed by atoms with Crippen LogP contribution in [0.25, 0.3) is 0 Å². The number of benzene rings is 1. The molecule has 1 aromatic heterocycles. The second kappa shape index (κ2) is 8.13. The van der Waals surface area contributed by atoms with Gasteiger partial charge in [-0.1, -0.05) is 32.9 Å². The first-order valence-corrected chi connectivity index (χ1v) is 8.72. The summed E-state index contributed by atoms with van der Waals surface area (Å²) in [6.07, 6.45) is 3.05. The van der Waals surface area contributed by atoms with Gasteiger partial charge in [-0.3, -0.25) is 4.79 Å². The van der Waals surface area contributed by atoms with E-state index in [1.807, 2.05) is 38.1 Å². The van der Waals surface area contributed by atoms with Crippen molar-refractivity contribution in [1.82, 2.24) is 9.78 Å². The van der Waals surface area contributed by atoms with Gasteiger partial charge in [0.15, 0.2) is 6.61 Å². The van der Waals surface area contributed by atoms with Crippen molar-refractivity contribution in [2.45, 2.75) is 53.9 Å². The fourth-order valence-corrected chi connectivity index (χ4v) is 2.74. The largest absolute Gasteiger partial charge is 0.484 e. The zero-order valence-corrected chi connectivity index (χ0v) is 15.4. The van der Waals surface area contributed by atoms with Crippen molar-refractivity contribution in [2.75, 3.05) is 6.61 Å². The predicted octanol–water partition coefficient (Wildman–Crippen LogP) is 4.37. The molecule has 0 saturated carbocycles. The summed E-state index contributed by atoms with van der Waals surface area (Å²) in [5.74, 6) is 1.21. The molecule has 0 radical (unpaired) electrons. The third kappa shape index (κ3) is 4.47. The first-order valence-electron chi connectivity index (χ1n) is 8.72. The molecular formula is C20H28N2O2. The second-order valence-corrected chi connectivity index (χ2v) is 6.67. The summed E-state index contributed by atoms with van der Waals surface area (Å²) in [7, 11) is 0. The molecule has 0 amide bonds. The summed E-state index contributed by atoms with van der Waals surface area (Å²) in [5.41, 5.74) is 4.31. The van der Waals surface area contributed by atoms with Crippen LogP contribution >= 0.6 is 0 Å². The lowest BCUT2D eigenvalue weighted by Crippen LogP contribution is -2.21. The quantitative estimate of drug-likeness (QED) is 0.758. The van der Waals surface area contributed by atoms with Gasteiger partial charge >= 0.3 is 0 Å². The van der Waals surface area contributed by atoms with Crippen LogP contribution in [-0.2, 0) is 12.8 Å². The molecule has 0 saturated heterocycles. The molecule has 2 aromatic rings. The van der Waals surface area contributed by atoms with Crippen LogP contribution in [0.4, 0.5) is 0 Å². The summed E-state index contributed by atoms with van der Waals surface area (Å²) in [6, 6.07) is 7.85. The van der Waals surface area contributed by atoms with Crippen molar-refractivity contribution in [3.05, 3.63) is 46.8 Å². The molecule has 130 valence electrons. The van der Waals surface area contributed by atoms with Gasteiger partial charge in [-0.25, -0.2) is 4.68 Å². The van der Waals surface area contributed by atoms with Crippen LogP contribution in [0.2, 0.25) is 0 Å². The van der Waals surface area contributed by atoms with Gasteiger partial charge in [-0.05, 0) is 62.3 Å². The van der Waals surface area contributed by atoms with Crippen LogP contribution in [0.15, 0.2) is 24.3 Å². The zero-order chi connectivity index (χ0) is 17.7. The van der Waals surface area contributed by atoms with E-state index in [-0.39, 0.29) is 12.5 Å². The molecule has 2 rings (SSSR count). The minimum atomic E-state index is -0.133. The topological polar surface area (TPSA) is 44.1 Å². The fourth-order valence-electron chi connectivity index (χ4n) is 2.74. The van der Waals surface area contributed by atoms with E-state index in [0.29, 0.717) is 11.7 Å². The molecule has 0 fully saturated rings. The molecule has 24 heavy (non-hydrogen) atoms. The van der Waals surface area contributed by atoms with E-state index in [2.05, 4.69) is 25.9 Å². The SMILES string of the molecule is CCc1ccc(OCC(=O)n2nc(C)c(CCC(C)C)c2C)cc1. The first kappa shape index (κ1) is 18.2. The number of hydrogen-bond acceptors (Lipinski definition) is 3. The van der Waals surface area contributed by atoms with E-state index >= 15 is 0 Å². The van der Waals surface area contributed by atoms with E-state index in [0.717, 1.165) is 30.7 Å². The van der Waals surface area contributed by atoms with E-state index in [4.69, 9.17) is 4.74 Å². The smallest absolute Gasteiger partial charge is 0.284 e. The summed E-state index contributed by atoms with van der Waals surface area (Å²) in [4.78, 5) is 12.4. The summed E-state index contributed by atoms with van der Waals surface area (Å²) in [5, 5.41) is 4.41. The van der Waals surface area contributed by atoms with Crippen molar-refractivity contribution in [2.24, 2.45) is 5.92 Å². The highest BCUT2D eigenvalue weighted by Gasteiger charge is 2.17. The summed E-state index contributed by atoms with van der Waals surface area (Å²) >= 11 is 0. The lowest BCUT2D eigenvalue weighted by Gasteiger charge is -2.08. The summed E-state index contributed by atoms with van der Waals surface area (Å²) < 4.78 is 7.11. The zero-order valence-electron chi connectivity index (χ0n) is 15.4. The Kier molecular flexibility index (Phi) is 6.18. The highest BCUT2D eigenvalue weighted by Crippen LogP contribution is 2.18. The molecule has 0 bridgehead atoms. The Hall–Kier alpha value is -2.10. The highest BCUT2D eigenvalue weighted by atomic mass is 16.5. The van der Waals surface area contributed by atoms with Crippen molar-refractivity contribution in [3.63, 3.8) is 0 Å². The first-order chi connectivity index (χ1) is 11.4. The molecule has 0 aliphatic carbocycles. The van der Waals surface area contributed by atoms with Crippen molar-refractivity contribution >= 4 is 5.91 Å². The number of nitrogens with zero attached hydrogens (tertiary/aromatic N) is 2. The van der Waals surface area contributed by atoms with Crippen LogP contribution in [-0.4, -0.2) is 22.3 Å². The van der Waals surface area contributed by atoms with E-state index in [1.165, 1.54) is 15.8 Å². The maximum absolute atomic E-state index is 12.4. The highest BCUT2D eigenvalue weighted by molar-refractivity contribution is 5.80. The van der Waals surface area contributed by atoms with Gasteiger partial charge in [-0.2, -0.15) is 5.10 Å². The van der Waals surface area contributed by atoms with Gasteiger partial charge in [0.25, 0.3) is 5.91 Å². The van der Waals surface area contributed by atoms with E-state index < -0.39 is 0 Å². The Morgan fingerprint density at radius 1 is 1.21 bits per heavy atom. The van der Waals surface area contributed by atoms with Crippen molar-refractivity contribution in [1.29, 1.82) is 0 Å². The second-order valence-electron chi connectivity index (χ2n) is 6.67. The number of aryl methyl sites for hydroxylation is 2. The number of rotatable bonds is 7. The molecule has 4 nitrogen and oxygen atoms in total. The number of aromatic nitrogens is 2. The molecule has 0 spiro atoms. The Labute approximate surface area is 144 Å². The molecule has 0 N–H and O–H groups in total. The number of carbonyl (C=O) groups is 1. The van der Waals surface area contributed by atoms with Gasteiger partial charge < -0.3 is 4.74 Å². The predicted molar refractivity (Wildman–Crippen MR) is 96.8 cm³/mol. The minimum Gasteiger partial charge on any atom is -0.484 e. The average molecular weight is 328 g/mol. The van der Waals surface area contributed by atoms with Gasteiger partial charge in [0.2, 0.25) is 0 Å². The Bertz CT molecular complexity index is 684. The monoisotopic (exact) mass is 328 g/mol. The van der Waals surface area contributed by atoms with E-state index in [1.54, 1.807) is 0 Å². The van der Waals surface area contributed by atoms with Crippen molar-refractivity contribution in [3.8, 4) is 5.75 Å². The molecule has 0 aliphatic rings. The van der Waals surface area contributed by atoms with Crippen LogP contribution in [0, 0.1) is 19.8 Å². The lowest BCUT2D eigenvalue weighted by atomic mass is 10.0. The van der Waals surface area contributed by atoms with Gasteiger partial charge in [-0.15, -0.1) is 0 Å². The Morgan fingerprint density at radius 2 is 1.88 bits per heavy atom. The van der Waals surface area contributed by atoms with Crippen LogP contribution in [0.1, 0.15) is 54.5 Å². The third-order valence-electron chi connectivity index (χ3n) is 4.34. The summed E-state index contributed by atoms with van der Waals surface area (Å²) in [6.45, 7) is 10.5. The van der Waals surface area contributed by atoms with Gasteiger partial charge in [0, 0.05) is 5.69 Å². The third-order valence-corrected chi connectivity index (χ3v) is 4.34. The molecule has 0 unspecified atom stereocenters. The molecule has 1 heterocycles. The lowest BCUT2D eigenvalue weighted by molar-refractivity contribution is 0.0818. The van der Waals surface area contributed by atoms with Crippen LogP contribution in [0.5, 0.6) is 5.75 Å². The normalized spacial score (nSPS) is 11.1. The van der Waals surface area contributed by atoms with E-state index in [9.17, 15) is 4.79 Å². The number of ether oxygens (including phenoxy) is 1. The average Bonchev–Trinajstić information content (AvgIpc) is 2.85. The fraction of sp³-hybridized carbons (Fsp3) is 0.500. The molecular weight excluding hydrogens is 300 g/mol. The Morgan fingerprint density at radius 3 is 2.46 bits per heavy atom. The molecule has 0 atom stereocenters.